The standard InChI is InChI=1S/C18H20ClF3N4O/c1-25(11-12-5-3-2-4-6-12)14-10-24-26(17(27)16(14)19)15-8-7-13(9-23-15)18(20,21)22/h7-10,12H,2-6,11H2,1H3. The molecule has 2 aromatic rings. The van der Waals surface area contributed by atoms with E-state index in [-0.39, 0.29) is 10.8 Å². The maximum Gasteiger partial charge on any atom is 0.417 e. The molecule has 1 saturated carbocycles. The third-order valence-electron chi connectivity index (χ3n) is 4.86. The highest BCUT2D eigenvalue weighted by atomic mass is 35.5. The zero-order chi connectivity index (χ0) is 19.6. The molecular formula is C18H20ClF3N4O. The molecule has 5 nitrogen and oxygen atoms in total. The minimum atomic E-state index is -4.49. The molecule has 146 valence electrons. The zero-order valence-corrected chi connectivity index (χ0v) is 15.6. The molecule has 0 radical (unpaired) electrons. The Labute approximate surface area is 159 Å². The van der Waals surface area contributed by atoms with E-state index in [0.29, 0.717) is 17.8 Å². The molecule has 0 aromatic carbocycles. The van der Waals surface area contributed by atoms with Gasteiger partial charge in [0.25, 0.3) is 5.56 Å². The van der Waals surface area contributed by atoms with Crippen molar-refractivity contribution in [2.24, 2.45) is 5.92 Å². The van der Waals surface area contributed by atoms with Crippen LogP contribution in [0.25, 0.3) is 5.82 Å². The molecule has 0 aliphatic heterocycles. The molecule has 1 aliphatic carbocycles. The highest BCUT2D eigenvalue weighted by Crippen LogP contribution is 2.29. The maximum atomic E-state index is 12.6. The molecule has 0 N–H and O–H groups in total. The molecule has 0 bridgehead atoms. The molecule has 9 heteroatoms. The number of pyridine rings is 1. The molecule has 0 unspecified atom stereocenters. The second-order valence-corrected chi connectivity index (χ2v) is 7.23. The quantitative estimate of drug-likeness (QED) is 0.767. The number of alkyl halides is 3. The number of anilines is 1. The summed E-state index contributed by atoms with van der Waals surface area (Å²) in [5.74, 6) is 0.537. The first-order chi connectivity index (χ1) is 12.8. The van der Waals surface area contributed by atoms with Crippen LogP contribution < -0.4 is 10.5 Å². The van der Waals surface area contributed by atoms with Crippen LogP contribution in [0, 0.1) is 5.92 Å². The second kappa shape index (κ2) is 7.88. The lowest BCUT2D eigenvalue weighted by Gasteiger charge is -2.28. The summed E-state index contributed by atoms with van der Waals surface area (Å²) >= 11 is 6.24. The van der Waals surface area contributed by atoms with Crippen LogP contribution in [-0.2, 0) is 6.18 Å². The fourth-order valence-electron chi connectivity index (χ4n) is 3.39. The molecule has 3 rings (SSSR count). The lowest BCUT2D eigenvalue weighted by molar-refractivity contribution is -0.137. The van der Waals surface area contributed by atoms with Crippen molar-refractivity contribution in [1.82, 2.24) is 14.8 Å². The van der Waals surface area contributed by atoms with Crippen LogP contribution in [0.1, 0.15) is 37.7 Å². The Hall–Kier alpha value is -2.09. The van der Waals surface area contributed by atoms with Crippen molar-refractivity contribution in [3.05, 3.63) is 45.5 Å². The van der Waals surface area contributed by atoms with Gasteiger partial charge in [0.1, 0.15) is 5.02 Å². The van der Waals surface area contributed by atoms with E-state index in [4.69, 9.17) is 11.6 Å². The van der Waals surface area contributed by atoms with E-state index in [1.54, 1.807) is 0 Å². The van der Waals surface area contributed by atoms with E-state index in [9.17, 15) is 18.0 Å². The number of hydrogen-bond acceptors (Lipinski definition) is 4. The summed E-state index contributed by atoms with van der Waals surface area (Å²) < 4.78 is 38.8. The van der Waals surface area contributed by atoms with Gasteiger partial charge in [0.05, 0.1) is 17.4 Å². The van der Waals surface area contributed by atoms with Crippen molar-refractivity contribution < 1.29 is 13.2 Å². The van der Waals surface area contributed by atoms with Crippen molar-refractivity contribution in [3.8, 4) is 5.82 Å². The van der Waals surface area contributed by atoms with E-state index in [2.05, 4.69) is 10.1 Å². The Morgan fingerprint density at radius 2 is 1.93 bits per heavy atom. The summed E-state index contributed by atoms with van der Waals surface area (Å²) in [5.41, 5.74) is -0.999. The van der Waals surface area contributed by atoms with Gasteiger partial charge in [0.15, 0.2) is 5.82 Å². The largest absolute Gasteiger partial charge is 0.417 e. The van der Waals surface area contributed by atoms with Crippen molar-refractivity contribution in [2.75, 3.05) is 18.5 Å². The number of nitrogens with zero attached hydrogens (tertiary/aromatic N) is 4. The van der Waals surface area contributed by atoms with Gasteiger partial charge in [0, 0.05) is 19.8 Å². The van der Waals surface area contributed by atoms with Crippen LogP contribution in [0.3, 0.4) is 0 Å². The van der Waals surface area contributed by atoms with Gasteiger partial charge in [-0.05, 0) is 30.9 Å². The molecular weight excluding hydrogens is 381 g/mol. The highest BCUT2D eigenvalue weighted by Gasteiger charge is 2.30. The normalized spacial score (nSPS) is 15.7. The third-order valence-corrected chi connectivity index (χ3v) is 5.22. The zero-order valence-electron chi connectivity index (χ0n) is 14.8. The Morgan fingerprint density at radius 3 is 2.52 bits per heavy atom. The van der Waals surface area contributed by atoms with Gasteiger partial charge in [-0.3, -0.25) is 4.79 Å². The van der Waals surface area contributed by atoms with Gasteiger partial charge in [-0.2, -0.15) is 23.0 Å². The minimum absolute atomic E-state index is 0.0172. The van der Waals surface area contributed by atoms with Gasteiger partial charge < -0.3 is 4.90 Å². The van der Waals surface area contributed by atoms with E-state index >= 15 is 0 Å². The smallest absolute Gasteiger partial charge is 0.372 e. The van der Waals surface area contributed by atoms with Crippen LogP contribution >= 0.6 is 11.6 Å². The molecule has 1 fully saturated rings. The lowest BCUT2D eigenvalue weighted by atomic mass is 9.89. The van der Waals surface area contributed by atoms with Crippen LogP contribution in [0.2, 0.25) is 5.02 Å². The maximum absolute atomic E-state index is 12.6. The lowest BCUT2D eigenvalue weighted by Crippen LogP contribution is -2.30. The van der Waals surface area contributed by atoms with E-state index < -0.39 is 17.3 Å². The van der Waals surface area contributed by atoms with Gasteiger partial charge >= 0.3 is 6.18 Å². The Kier molecular flexibility index (Phi) is 5.74. The summed E-state index contributed by atoms with van der Waals surface area (Å²) in [7, 11) is 1.86. The van der Waals surface area contributed by atoms with E-state index in [1.807, 2.05) is 11.9 Å². The summed E-state index contributed by atoms with van der Waals surface area (Å²) in [6.07, 6.45) is 3.62. The van der Waals surface area contributed by atoms with Crippen LogP contribution in [-0.4, -0.2) is 28.4 Å². The molecule has 0 amide bonds. The number of hydrogen-bond donors (Lipinski definition) is 0. The highest BCUT2D eigenvalue weighted by molar-refractivity contribution is 6.33. The van der Waals surface area contributed by atoms with Crippen LogP contribution in [0.15, 0.2) is 29.3 Å². The average molecular weight is 401 g/mol. The summed E-state index contributed by atoms with van der Waals surface area (Å²) in [6.45, 7) is 0.781. The number of halogens is 4. The van der Waals surface area contributed by atoms with Gasteiger partial charge in [0.2, 0.25) is 0 Å². The SMILES string of the molecule is CN(CC1CCCCC1)c1cnn(-c2ccc(C(F)(F)F)cn2)c(=O)c1Cl. The minimum Gasteiger partial charge on any atom is -0.372 e. The molecule has 1 aliphatic rings. The van der Waals surface area contributed by atoms with Crippen LogP contribution in [0.5, 0.6) is 0 Å². The van der Waals surface area contributed by atoms with Gasteiger partial charge in [-0.1, -0.05) is 30.9 Å². The predicted molar refractivity (Wildman–Crippen MR) is 97.5 cm³/mol. The molecule has 2 heterocycles. The molecule has 2 aromatic heterocycles. The van der Waals surface area contributed by atoms with E-state index in [1.165, 1.54) is 25.5 Å². The van der Waals surface area contributed by atoms with Crippen LogP contribution in [0.4, 0.5) is 18.9 Å². The van der Waals surface area contributed by atoms with Crippen molar-refractivity contribution in [3.63, 3.8) is 0 Å². The Bertz CT molecular complexity index is 845. The molecule has 27 heavy (non-hydrogen) atoms. The summed E-state index contributed by atoms with van der Waals surface area (Å²) in [6, 6.07) is 1.95. The van der Waals surface area contributed by atoms with E-state index in [0.717, 1.165) is 36.2 Å². The van der Waals surface area contributed by atoms with Crippen molar-refractivity contribution in [2.45, 2.75) is 38.3 Å². The van der Waals surface area contributed by atoms with Gasteiger partial charge in [-0.15, -0.1) is 0 Å². The topological polar surface area (TPSA) is 51.0 Å². The third kappa shape index (κ3) is 4.43. The Morgan fingerprint density at radius 1 is 1.22 bits per heavy atom. The fourth-order valence-corrected chi connectivity index (χ4v) is 3.66. The molecule has 0 saturated heterocycles. The number of rotatable bonds is 4. The fraction of sp³-hybridized carbons (Fsp3) is 0.500. The average Bonchev–Trinajstić information content (AvgIpc) is 2.64. The number of aromatic nitrogens is 3. The molecule has 0 atom stereocenters. The molecule has 0 spiro atoms. The first kappa shape index (κ1) is 19.7. The second-order valence-electron chi connectivity index (χ2n) is 6.85. The van der Waals surface area contributed by atoms with Crippen molar-refractivity contribution >= 4 is 17.3 Å². The first-order valence-electron chi connectivity index (χ1n) is 8.80. The summed E-state index contributed by atoms with van der Waals surface area (Å²) in [4.78, 5) is 18.2. The Balaban J connectivity index is 1.83. The summed E-state index contributed by atoms with van der Waals surface area (Å²) in [5, 5.41) is 4.03. The van der Waals surface area contributed by atoms with Gasteiger partial charge in [-0.25, -0.2) is 4.98 Å². The van der Waals surface area contributed by atoms with Crippen molar-refractivity contribution in [1.29, 1.82) is 0 Å². The predicted octanol–water partition coefficient (Wildman–Crippen LogP) is 4.32. The monoisotopic (exact) mass is 400 g/mol. The first-order valence-corrected chi connectivity index (χ1v) is 9.18.